The molecule has 0 aliphatic heterocycles. The predicted octanol–water partition coefficient (Wildman–Crippen LogP) is 4.02. The lowest BCUT2D eigenvalue weighted by Crippen LogP contribution is -2.24. The monoisotopic (exact) mass is 372 g/mol. The highest BCUT2D eigenvalue weighted by molar-refractivity contribution is 7.08. The fourth-order valence-corrected chi connectivity index (χ4v) is 4.06. The van der Waals surface area contributed by atoms with Crippen molar-refractivity contribution < 1.29 is 0 Å². The Kier molecular flexibility index (Phi) is 3.83. The maximum atomic E-state index is 13.1. The van der Waals surface area contributed by atoms with E-state index in [1.54, 1.807) is 15.9 Å². The van der Waals surface area contributed by atoms with Gasteiger partial charge in [-0.15, -0.1) is 10.2 Å². The zero-order valence-electron chi connectivity index (χ0n) is 14.4. The molecule has 3 aromatic heterocycles. The van der Waals surface area contributed by atoms with E-state index in [9.17, 15) is 4.79 Å². The highest BCUT2D eigenvalue weighted by Crippen LogP contribution is 2.24. The topological polar surface area (TPSA) is 52.2 Å². The zero-order valence-corrected chi connectivity index (χ0v) is 15.3. The van der Waals surface area contributed by atoms with Crippen molar-refractivity contribution in [3.8, 4) is 11.4 Å². The number of nitrogens with zero attached hydrogens (tertiary/aromatic N) is 4. The van der Waals surface area contributed by atoms with Crippen LogP contribution >= 0.6 is 11.3 Å². The van der Waals surface area contributed by atoms with Crippen molar-refractivity contribution in [2.45, 2.75) is 13.0 Å². The molecule has 0 saturated heterocycles. The Hall–Kier alpha value is -3.25. The number of aryl methyl sites for hydroxylation is 2. The third-order valence-corrected chi connectivity index (χ3v) is 5.44. The quantitative estimate of drug-likeness (QED) is 0.479. The average Bonchev–Trinajstić information content (AvgIpc) is 3.38. The van der Waals surface area contributed by atoms with Crippen molar-refractivity contribution >= 4 is 28.0 Å². The molecular formula is C21H16N4OS. The molecule has 27 heavy (non-hydrogen) atoms. The van der Waals surface area contributed by atoms with Gasteiger partial charge in [0.25, 0.3) is 5.56 Å². The number of fused-ring (bicyclic) bond motifs is 3. The van der Waals surface area contributed by atoms with Gasteiger partial charge in [0.15, 0.2) is 5.82 Å². The summed E-state index contributed by atoms with van der Waals surface area (Å²) in [5, 5.41) is 13.5. The van der Waals surface area contributed by atoms with Crippen molar-refractivity contribution in [1.29, 1.82) is 0 Å². The van der Waals surface area contributed by atoms with Crippen LogP contribution in [0.1, 0.15) is 5.56 Å². The molecule has 0 bridgehead atoms. The van der Waals surface area contributed by atoms with E-state index in [0.29, 0.717) is 17.7 Å². The zero-order chi connectivity index (χ0) is 18.2. The first-order chi connectivity index (χ1) is 13.3. The summed E-state index contributed by atoms with van der Waals surface area (Å²) in [6, 6.07) is 19.8. The molecule has 5 aromatic rings. The molecule has 0 saturated carbocycles. The van der Waals surface area contributed by atoms with Crippen LogP contribution in [0, 0.1) is 0 Å². The molecule has 0 amide bonds. The van der Waals surface area contributed by atoms with Crippen molar-refractivity contribution in [2.24, 2.45) is 0 Å². The molecule has 6 heteroatoms. The van der Waals surface area contributed by atoms with E-state index in [-0.39, 0.29) is 5.56 Å². The van der Waals surface area contributed by atoms with Gasteiger partial charge in [0.2, 0.25) is 5.78 Å². The Morgan fingerprint density at radius 2 is 1.74 bits per heavy atom. The molecule has 0 aliphatic carbocycles. The molecule has 0 spiro atoms. The van der Waals surface area contributed by atoms with Crippen LogP contribution in [0.15, 0.2) is 76.2 Å². The number of benzene rings is 2. The highest BCUT2D eigenvalue weighted by atomic mass is 32.1. The Morgan fingerprint density at radius 3 is 2.56 bits per heavy atom. The minimum Gasteiger partial charge on any atom is -0.276 e. The second-order valence-corrected chi connectivity index (χ2v) is 7.16. The molecule has 0 aliphatic rings. The van der Waals surface area contributed by atoms with Gasteiger partial charge in [0.05, 0.1) is 10.9 Å². The van der Waals surface area contributed by atoms with Crippen LogP contribution in [0.5, 0.6) is 0 Å². The number of hydrogen-bond acceptors (Lipinski definition) is 4. The molecule has 0 radical (unpaired) electrons. The van der Waals surface area contributed by atoms with Gasteiger partial charge in [-0.05, 0) is 35.6 Å². The summed E-state index contributed by atoms with van der Waals surface area (Å²) < 4.78 is 3.72. The standard InChI is InChI=1S/C21H16N4OS/c26-20-17-8-4-5-9-18(17)25-19(16-11-13-27-14-16)22-23-21(25)24(20)12-10-15-6-2-1-3-7-15/h1-9,11,13-14H,10,12H2. The lowest BCUT2D eigenvalue weighted by molar-refractivity contribution is 0.678. The average molecular weight is 372 g/mol. The second kappa shape index (κ2) is 6.48. The maximum Gasteiger partial charge on any atom is 0.262 e. The first-order valence-corrected chi connectivity index (χ1v) is 9.70. The van der Waals surface area contributed by atoms with E-state index in [0.717, 1.165) is 23.3 Å². The highest BCUT2D eigenvalue weighted by Gasteiger charge is 2.17. The van der Waals surface area contributed by atoms with Gasteiger partial charge in [-0.25, -0.2) is 0 Å². The minimum absolute atomic E-state index is 0.0294. The fraction of sp³-hybridized carbons (Fsp3) is 0.0952. The van der Waals surface area contributed by atoms with Gasteiger partial charge in [-0.3, -0.25) is 13.8 Å². The van der Waals surface area contributed by atoms with Crippen LogP contribution in [0.2, 0.25) is 0 Å². The molecule has 0 atom stereocenters. The number of para-hydroxylation sites is 1. The molecule has 0 fully saturated rings. The van der Waals surface area contributed by atoms with Gasteiger partial charge in [0.1, 0.15) is 0 Å². The van der Waals surface area contributed by atoms with Crippen LogP contribution in [0.4, 0.5) is 0 Å². The number of hydrogen-bond donors (Lipinski definition) is 0. The summed E-state index contributed by atoms with van der Waals surface area (Å²) in [5.41, 5.74) is 3.00. The SMILES string of the molecule is O=c1c2ccccc2n2c(-c3ccsc3)nnc2n1CCc1ccccc1. The van der Waals surface area contributed by atoms with Crippen molar-refractivity contribution in [2.75, 3.05) is 0 Å². The van der Waals surface area contributed by atoms with Gasteiger partial charge < -0.3 is 0 Å². The lowest BCUT2D eigenvalue weighted by atomic mass is 10.1. The molecule has 5 rings (SSSR count). The summed E-state index contributed by atoms with van der Waals surface area (Å²) in [6.07, 6.45) is 0.759. The van der Waals surface area contributed by atoms with Crippen LogP contribution in [-0.4, -0.2) is 19.2 Å². The van der Waals surface area contributed by atoms with Crippen molar-refractivity contribution in [1.82, 2.24) is 19.2 Å². The maximum absolute atomic E-state index is 13.1. The van der Waals surface area contributed by atoms with E-state index >= 15 is 0 Å². The van der Waals surface area contributed by atoms with Gasteiger partial charge in [-0.1, -0.05) is 42.5 Å². The first-order valence-electron chi connectivity index (χ1n) is 8.76. The first kappa shape index (κ1) is 16.0. The summed E-state index contributed by atoms with van der Waals surface area (Å²) in [6.45, 7) is 0.555. The molecule has 0 N–H and O–H groups in total. The minimum atomic E-state index is -0.0294. The Bertz CT molecular complexity index is 1290. The van der Waals surface area contributed by atoms with E-state index in [1.165, 1.54) is 5.56 Å². The molecule has 2 aromatic carbocycles. The van der Waals surface area contributed by atoms with Crippen LogP contribution < -0.4 is 5.56 Å². The second-order valence-electron chi connectivity index (χ2n) is 6.38. The number of thiophene rings is 1. The van der Waals surface area contributed by atoms with E-state index in [2.05, 4.69) is 22.3 Å². The smallest absolute Gasteiger partial charge is 0.262 e. The molecule has 0 unspecified atom stereocenters. The number of aromatic nitrogens is 4. The van der Waals surface area contributed by atoms with Crippen LogP contribution in [-0.2, 0) is 13.0 Å². The van der Waals surface area contributed by atoms with Crippen molar-refractivity contribution in [3.05, 3.63) is 87.3 Å². The molecule has 132 valence electrons. The summed E-state index contributed by atoms with van der Waals surface area (Å²) in [4.78, 5) is 13.1. The van der Waals surface area contributed by atoms with Gasteiger partial charge >= 0.3 is 0 Å². The molecule has 5 nitrogen and oxygen atoms in total. The van der Waals surface area contributed by atoms with Crippen LogP contribution in [0.25, 0.3) is 28.1 Å². The van der Waals surface area contributed by atoms with Crippen molar-refractivity contribution in [3.63, 3.8) is 0 Å². The van der Waals surface area contributed by atoms with Crippen LogP contribution in [0.3, 0.4) is 0 Å². The normalized spacial score (nSPS) is 11.4. The summed E-state index contributed by atoms with van der Waals surface area (Å²) >= 11 is 1.62. The van der Waals surface area contributed by atoms with Gasteiger partial charge in [-0.2, -0.15) is 11.3 Å². The third-order valence-electron chi connectivity index (χ3n) is 4.75. The third kappa shape index (κ3) is 2.65. The summed E-state index contributed by atoms with van der Waals surface area (Å²) in [5.74, 6) is 1.34. The van der Waals surface area contributed by atoms with E-state index < -0.39 is 0 Å². The Balaban J connectivity index is 1.74. The van der Waals surface area contributed by atoms with E-state index in [4.69, 9.17) is 0 Å². The molecule has 3 heterocycles. The Morgan fingerprint density at radius 1 is 0.926 bits per heavy atom. The Labute approximate surface area is 159 Å². The summed E-state index contributed by atoms with van der Waals surface area (Å²) in [7, 11) is 0. The predicted molar refractivity (Wildman–Crippen MR) is 108 cm³/mol. The van der Waals surface area contributed by atoms with E-state index in [1.807, 2.05) is 63.7 Å². The fourth-order valence-electron chi connectivity index (χ4n) is 3.42. The number of rotatable bonds is 4. The van der Waals surface area contributed by atoms with Gasteiger partial charge in [0, 0.05) is 17.5 Å². The molecular weight excluding hydrogens is 356 g/mol. The largest absolute Gasteiger partial charge is 0.276 e. The lowest BCUT2D eigenvalue weighted by Gasteiger charge is -2.11.